The van der Waals surface area contributed by atoms with Crippen molar-refractivity contribution in [3.63, 3.8) is 0 Å². The zero-order valence-corrected chi connectivity index (χ0v) is 17.0. The summed E-state index contributed by atoms with van der Waals surface area (Å²) in [6.07, 6.45) is 1.59. The highest BCUT2D eigenvalue weighted by Gasteiger charge is 2.43. The van der Waals surface area contributed by atoms with Gasteiger partial charge in [-0.15, -0.1) is 0 Å². The molecule has 31 heavy (non-hydrogen) atoms. The van der Waals surface area contributed by atoms with E-state index in [-0.39, 0.29) is 12.8 Å². The van der Waals surface area contributed by atoms with Crippen molar-refractivity contribution in [3.8, 4) is 5.75 Å². The number of nitrogens with zero attached hydrogens (tertiary/aromatic N) is 2. The number of aryl methyl sites for hydroxylation is 1. The number of nitrogens with one attached hydrogen (secondary N) is 2. The zero-order valence-electron chi connectivity index (χ0n) is 17.0. The van der Waals surface area contributed by atoms with Crippen LogP contribution < -0.4 is 15.6 Å². The minimum atomic E-state index is -1.15. The van der Waals surface area contributed by atoms with Gasteiger partial charge in [-0.3, -0.25) is 19.8 Å². The average Bonchev–Trinajstić information content (AvgIpc) is 2.79. The smallest absolute Gasteiger partial charge is 0.251 e. The Morgan fingerprint density at radius 3 is 2.74 bits per heavy atom. The van der Waals surface area contributed by atoms with Crippen molar-refractivity contribution in [1.82, 2.24) is 15.9 Å². The number of hydrogen-bond acceptors (Lipinski definition) is 6. The lowest BCUT2D eigenvalue weighted by Crippen LogP contribution is -2.48. The molecular formula is C23H22N4O4. The van der Waals surface area contributed by atoms with E-state index in [0.29, 0.717) is 17.9 Å². The first-order valence-electron chi connectivity index (χ1n) is 9.85. The van der Waals surface area contributed by atoms with Crippen LogP contribution in [-0.4, -0.2) is 28.2 Å². The molecule has 1 aliphatic heterocycles. The number of amides is 2. The molecule has 4 rings (SSSR count). The van der Waals surface area contributed by atoms with Crippen LogP contribution in [0.2, 0.25) is 0 Å². The van der Waals surface area contributed by atoms with Gasteiger partial charge in [0.25, 0.3) is 5.91 Å². The largest absolute Gasteiger partial charge is 0.489 e. The molecule has 1 aliphatic rings. The van der Waals surface area contributed by atoms with Crippen molar-refractivity contribution < 1.29 is 19.5 Å². The van der Waals surface area contributed by atoms with E-state index in [1.54, 1.807) is 36.0 Å². The molecule has 0 radical (unpaired) electrons. The molecule has 1 unspecified atom stereocenters. The van der Waals surface area contributed by atoms with Crippen LogP contribution in [0.15, 0.2) is 59.7 Å². The number of fused-ring (bicyclic) bond motifs is 1. The number of pyridine rings is 1. The van der Waals surface area contributed by atoms with Crippen LogP contribution in [0.3, 0.4) is 0 Å². The van der Waals surface area contributed by atoms with Gasteiger partial charge in [-0.1, -0.05) is 30.3 Å². The van der Waals surface area contributed by atoms with Crippen LogP contribution in [0.25, 0.3) is 10.9 Å². The summed E-state index contributed by atoms with van der Waals surface area (Å²) in [7, 11) is 0. The Morgan fingerprint density at radius 1 is 1.23 bits per heavy atom. The van der Waals surface area contributed by atoms with Gasteiger partial charge in [-0.2, -0.15) is 5.10 Å². The molecule has 158 valence electrons. The zero-order chi connectivity index (χ0) is 21.8. The van der Waals surface area contributed by atoms with E-state index in [4.69, 9.17) is 9.94 Å². The van der Waals surface area contributed by atoms with Crippen LogP contribution in [0.4, 0.5) is 0 Å². The Bertz CT molecular complexity index is 1160. The standard InChI is InChI=1S/C23H22N4O4/c1-15-12-16(19-4-2-3-5-20(19)25-15)14-31-18-8-6-17(7-9-18)23(13-21(28)27-30)10-11-24-26-22(23)29/h2-9,11-12,30H,10,13-14H2,1H3,(H,26,29)(H,27,28). The number of carbonyl (C=O) groups excluding carboxylic acids is 2. The molecule has 3 aromatic rings. The summed E-state index contributed by atoms with van der Waals surface area (Å²) < 4.78 is 5.99. The number of hydrogen-bond donors (Lipinski definition) is 3. The minimum Gasteiger partial charge on any atom is -0.489 e. The Hall–Kier alpha value is -3.78. The van der Waals surface area contributed by atoms with E-state index in [1.807, 2.05) is 37.3 Å². The lowest BCUT2D eigenvalue weighted by atomic mass is 9.73. The number of carbonyl (C=O) groups is 2. The monoisotopic (exact) mass is 418 g/mol. The summed E-state index contributed by atoms with van der Waals surface area (Å²) >= 11 is 0. The molecule has 2 heterocycles. The fourth-order valence-electron chi connectivity index (χ4n) is 3.87. The predicted octanol–water partition coefficient (Wildman–Crippen LogP) is 2.76. The molecule has 2 aromatic carbocycles. The summed E-state index contributed by atoms with van der Waals surface area (Å²) in [6.45, 7) is 2.32. The maximum absolute atomic E-state index is 12.6. The van der Waals surface area contributed by atoms with Gasteiger partial charge in [-0.05, 0) is 36.8 Å². The van der Waals surface area contributed by atoms with E-state index in [9.17, 15) is 9.59 Å². The molecule has 2 amide bonds. The van der Waals surface area contributed by atoms with E-state index >= 15 is 0 Å². The number of hydroxylamine groups is 1. The number of rotatable bonds is 6. The third kappa shape index (κ3) is 4.10. The molecule has 0 saturated heterocycles. The Labute approximate surface area is 178 Å². The van der Waals surface area contributed by atoms with Gasteiger partial charge in [0, 0.05) is 35.7 Å². The third-order valence-corrected chi connectivity index (χ3v) is 5.45. The van der Waals surface area contributed by atoms with Gasteiger partial charge in [0.1, 0.15) is 12.4 Å². The van der Waals surface area contributed by atoms with Gasteiger partial charge in [0.2, 0.25) is 5.91 Å². The first-order chi connectivity index (χ1) is 15.0. The van der Waals surface area contributed by atoms with Crippen LogP contribution in [-0.2, 0) is 21.6 Å². The van der Waals surface area contributed by atoms with E-state index in [0.717, 1.165) is 22.2 Å². The maximum Gasteiger partial charge on any atom is 0.251 e. The third-order valence-electron chi connectivity index (χ3n) is 5.45. The average molecular weight is 418 g/mol. The fourth-order valence-corrected chi connectivity index (χ4v) is 3.87. The Kier molecular flexibility index (Phi) is 5.64. The number of para-hydroxylation sites is 1. The van der Waals surface area contributed by atoms with Gasteiger partial charge >= 0.3 is 0 Å². The molecule has 3 N–H and O–H groups in total. The molecule has 0 bridgehead atoms. The lowest BCUT2D eigenvalue weighted by Gasteiger charge is -2.32. The topological polar surface area (TPSA) is 113 Å². The number of ether oxygens (including phenoxy) is 1. The van der Waals surface area contributed by atoms with Gasteiger partial charge in [0.05, 0.1) is 10.9 Å². The minimum absolute atomic E-state index is 0.205. The molecule has 1 aromatic heterocycles. The van der Waals surface area contributed by atoms with Crippen LogP contribution in [0.1, 0.15) is 29.7 Å². The molecule has 0 fully saturated rings. The van der Waals surface area contributed by atoms with Gasteiger partial charge in [0.15, 0.2) is 0 Å². The normalized spacial score (nSPS) is 17.9. The van der Waals surface area contributed by atoms with Gasteiger partial charge < -0.3 is 4.74 Å². The summed E-state index contributed by atoms with van der Waals surface area (Å²) in [5, 5.41) is 13.8. The quantitative estimate of drug-likeness (QED) is 0.421. The molecule has 0 spiro atoms. The van der Waals surface area contributed by atoms with Crippen LogP contribution >= 0.6 is 0 Å². The predicted molar refractivity (Wildman–Crippen MR) is 115 cm³/mol. The first kappa shape index (κ1) is 20.5. The lowest BCUT2D eigenvalue weighted by molar-refractivity contribution is -0.136. The molecule has 0 aliphatic carbocycles. The van der Waals surface area contributed by atoms with Crippen LogP contribution in [0.5, 0.6) is 5.75 Å². The van der Waals surface area contributed by atoms with Gasteiger partial charge in [-0.25, -0.2) is 10.9 Å². The Balaban J connectivity index is 1.56. The molecule has 8 heteroatoms. The van der Waals surface area contributed by atoms with Crippen molar-refractivity contribution in [2.45, 2.75) is 31.8 Å². The number of aromatic nitrogens is 1. The molecule has 0 saturated carbocycles. The fraction of sp³-hybridized carbons (Fsp3) is 0.217. The van der Waals surface area contributed by atoms with E-state index < -0.39 is 17.2 Å². The summed E-state index contributed by atoms with van der Waals surface area (Å²) in [4.78, 5) is 29.0. The van der Waals surface area contributed by atoms with Crippen molar-refractivity contribution in [2.24, 2.45) is 5.10 Å². The second-order valence-electron chi connectivity index (χ2n) is 7.50. The number of hydrazone groups is 1. The summed E-state index contributed by atoms with van der Waals surface area (Å²) in [5.41, 5.74) is 6.38. The molecule has 8 nitrogen and oxygen atoms in total. The SMILES string of the molecule is Cc1cc(COc2ccc(C3(CC(=O)NO)CC=NNC3=O)cc2)c2ccccc2n1. The highest BCUT2D eigenvalue weighted by Crippen LogP contribution is 2.34. The van der Waals surface area contributed by atoms with Crippen molar-refractivity contribution in [2.75, 3.05) is 0 Å². The number of benzene rings is 2. The maximum atomic E-state index is 12.6. The van der Waals surface area contributed by atoms with Crippen molar-refractivity contribution in [1.29, 1.82) is 0 Å². The Morgan fingerprint density at radius 2 is 2.00 bits per heavy atom. The summed E-state index contributed by atoms with van der Waals surface area (Å²) in [5.74, 6) is -0.411. The van der Waals surface area contributed by atoms with E-state index in [2.05, 4.69) is 15.5 Å². The van der Waals surface area contributed by atoms with E-state index in [1.165, 1.54) is 0 Å². The van der Waals surface area contributed by atoms with Crippen molar-refractivity contribution in [3.05, 3.63) is 71.4 Å². The molecular weight excluding hydrogens is 396 g/mol. The summed E-state index contributed by atoms with van der Waals surface area (Å²) in [6, 6.07) is 17.0. The highest BCUT2D eigenvalue weighted by atomic mass is 16.5. The highest BCUT2D eigenvalue weighted by molar-refractivity contribution is 5.97. The van der Waals surface area contributed by atoms with Crippen molar-refractivity contribution >= 4 is 28.9 Å². The second kappa shape index (κ2) is 8.53. The van der Waals surface area contributed by atoms with Crippen LogP contribution in [0, 0.1) is 6.92 Å². The first-order valence-corrected chi connectivity index (χ1v) is 9.85. The second-order valence-corrected chi connectivity index (χ2v) is 7.50. The molecule has 1 atom stereocenters.